The van der Waals surface area contributed by atoms with Crippen LogP contribution in [0.2, 0.25) is 0 Å². The zero-order valence-electron chi connectivity index (χ0n) is 16.1. The Labute approximate surface area is 165 Å². The quantitative estimate of drug-likeness (QED) is 0.820. The molecule has 0 radical (unpaired) electrons. The third-order valence-corrected chi connectivity index (χ3v) is 5.84. The van der Waals surface area contributed by atoms with Crippen LogP contribution in [-0.2, 0) is 11.3 Å². The van der Waals surface area contributed by atoms with E-state index in [1.54, 1.807) is 13.3 Å². The summed E-state index contributed by atoms with van der Waals surface area (Å²) in [6.07, 6.45) is 5.77. The highest BCUT2D eigenvalue weighted by Crippen LogP contribution is 2.33. The maximum absolute atomic E-state index is 12.9. The average molecular weight is 379 g/mol. The Morgan fingerprint density at radius 2 is 2.04 bits per heavy atom. The lowest BCUT2D eigenvalue weighted by molar-refractivity contribution is -0.141. The Hall–Kier alpha value is -2.89. The first-order valence-electron chi connectivity index (χ1n) is 9.77. The van der Waals surface area contributed by atoms with Crippen molar-refractivity contribution in [2.24, 2.45) is 5.92 Å². The first-order chi connectivity index (χ1) is 13.7. The number of amides is 2. The van der Waals surface area contributed by atoms with Gasteiger partial charge in [-0.3, -0.25) is 14.6 Å². The van der Waals surface area contributed by atoms with E-state index in [-0.39, 0.29) is 17.9 Å². The molecule has 2 aliphatic rings. The van der Waals surface area contributed by atoms with Crippen LogP contribution in [0, 0.1) is 5.92 Å². The van der Waals surface area contributed by atoms with Crippen LogP contribution >= 0.6 is 0 Å². The van der Waals surface area contributed by atoms with E-state index in [1.165, 1.54) is 0 Å². The van der Waals surface area contributed by atoms with E-state index in [0.717, 1.165) is 24.2 Å². The van der Waals surface area contributed by atoms with Gasteiger partial charge in [0.25, 0.3) is 5.91 Å². The van der Waals surface area contributed by atoms with Gasteiger partial charge in [-0.15, -0.1) is 0 Å². The normalized spacial score (nSPS) is 22.0. The predicted octanol–water partition coefficient (Wildman–Crippen LogP) is 2.74. The molecule has 4 rings (SSSR count). The number of carbonyl (C=O) groups excluding carboxylic acids is 2. The number of piperidine rings is 2. The zero-order valence-corrected chi connectivity index (χ0v) is 16.1. The molecule has 2 aromatic rings. The molecule has 2 atom stereocenters. The molecule has 6 nitrogen and oxygen atoms in total. The summed E-state index contributed by atoms with van der Waals surface area (Å²) in [5.74, 6) is 1.33. The van der Waals surface area contributed by atoms with Crippen LogP contribution in [0.4, 0.5) is 0 Å². The molecule has 1 aromatic carbocycles. The number of carbonyl (C=O) groups is 2. The Balaban J connectivity index is 1.45. The molecule has 0 saturated carbocycles. The molecule has 0 spiro atoms. The molecule has 0 aliphatic carbocycles. The molecule has 0 unspecified atom stereocenters. The first-order valence-corrected chi connectivity index (χ1v) is 9.77. The van der Waals surface area contributed by atoms with Crippen LogP contribution in [0.1, 0.15) is 35.2 Å². The second-order valence-electron chi connectivity index (χ2n) is 7.52. The molecule has 0 N–H and O–H groups in total. The molecule has 28 heavy (non-hydrogen) atoms. The van der Waals surface area contributed by atoms with E-state index in [9.17, 15) is 9.59 Å². The molecule has 2 saturated heterocycles. The fourth-order valence-electron chi connectivity index (χ4n) is 4.35. The minimum Gasteiger partial charge on any atom is -0.497 e. The van der Waals surface area contributed by atoms with E-state index in [1.807, 2.05) is 52.4 Å². The molecule has 6 heteroatoms. The van der Waals surface area contributed by atoms with Gasteiger partial charge in [-0.2, -0.15) is 0 Å². The summed E-state index contributed by atoms with van der Waals surface area (Å²) in [5, 5.41) is 0. The highest BCUT2D eigenvalue weighted by atomic mass is 16.5. The summed E-state index contributed by atoms with van der Waals surface area (Å²) >= 11 is 0. The first kappa shape index (κ1) is 18.5. The summed E-state index contributed by atoms with van der Waals surface area (Å²) in [4.78, 5) is 33.6. The number of rotatable bonds is 4. The lowest BCUT2D eigenvalue weighted by Gasteiger charge is -2.47. The van der Waals surface area contributed by atoms with E-state index < -0.39 is 0 Å². The Kier molecular flexibility index (Phi) is 5.28. The highest BCUT2D eigenvalue weighted by Gasteiger charge is 2.40. The van der Waals surface area contributed by atoms with Crippen LogP contribution in [0.25, 0.3) is 0 Å². The largest absolute Gasteiger partial charge is 0.497 e. The second kappa shape index (κ2) is 8.00. The Morgan fingerprint density at radius 1 is 1.21 bits per heavy atom. The second-order valence-corrected chi connectivity index (χ2v) is 7.52. The summed E-state index contributed by atoms with van der Waals surface area (Å²) in [7, 11) is 1.61. The van der Waals surface area contributed by atoms with Crippen molar-refractivity contribution in [2.45, 2.75) is 31.8 Å². The van der Waals surface area contributed by atoms with Crippen LogP contribution < -0.4 is 4.74 Å². The third kappa shape index (κ3) is 3.72. The van der Waals surface area contributed by atoms with E-state index in [4.69, 9.17) is 4.74 Å². The van der Waals surface area contributed by atoms with Crippen molar-refractivity contribution < 1.29 is 14.3 Å². The summed E-state index contributed by atoms with van der Waals surface area (Å²) in [5.41, 5.74) is 1.73. The number of nitrogens with zero attached hydrogens (tertiary/aromatic N) is 3. The van der Waals surface area contributed by atoms with Crippen LogP contribution in [-0.4, -0.2) is 52.8 Å². The number of aromatic nitrogens is 1. The fraction of sp³-hybridized carbons (Fsp3) is 0.409. The van der Waals surface area contributed by atoms with E-state index in [0.29, 0.717) is 37.5 Å². The van der Waals surface area contributed by atoms with Crippen molar-refractivity contribution in [2.75, 3.05) is 20.2 Å². The van der Waals surface area contributed by atoms with Gasteiger partial charge in [0.1, 0.15) is 5.75 Å². The minimum atomic E-state index is 0.0526. The average Bonchev–Trinajstić information content (AvgIpc) is 2.75. The van der Waals surface area contributed by atoms with Crippen molar-refractivity contribution in [3.05, 3.63) is 59.9 Å². The minimum absolute atomic E-state index is 0.0526. The molecule has 1 aromatic heterocycles. The fourth-order valence-corrected chi connectivity index (χ4v) is 4.35. The lowest BCUT2D eigenvalue weighted by atomic mass is 9.83. The Morgan fingerprint density at radius 3 is 2.75 bits per heavy atom. The van der Waals surface area contributed by atoms with Crippen molar-refractivity contribution in [1.29, 1.82) is 0 Å². The van der Waals surface area contributed by atoms with Crippen molar-refractivity contribution >= 4 is 11.8 Å². The third-order valence-electron chi connectivity index (χ3n) is 5.84. The van der Waals surface area contributed by atoms with Gasteiger partial charge in [0.05, 0.1) is 7.11 Å². The van der Waals surface area contributed by atoms with Gasteiger partial charge in [0.2, 0.25) is 5.91 Å². The number of hydrogen-bond acceptors (Lipinski definition) is 4. The maximum atomic E-state index is 12.9. The van der Waals surface area contributed by atoms with Crippen molar-refractivity contribution in [3.63, 3.8) is 0 Å². The molecule has 0 bridgehead atoms. The smallest absolute Gasteiger partial charge is 0.253 e. The highest BCUT2D eigenvalue weighted by molar-refractivity contribution is 5.94. The number of methoxy groups -OCH3 is 1. The van der Waals surface area contributed by atoms with Gasteiger partial charge in [-0.1, -0.05) is 6.07 Å². The summed E-state index contributed by atoms with van der Waals surface area (Å²) in [6, 6.07) is 11.4. The van der Waals surface area contributed by atoms with Crippen LogP contribution in [0.3, 0.4) is 0 Å². The summed E-state index contributed by atoms with van der Waals surface area (Å²) < 4.78 is 5.17. The molecule has 2 fully saturated rings. The maximum Gasteiger partial charge on any atom is 0.253 e. The number of pyridine rings is 1. The van der Waals surface area contributed by atoms with Gasteiger partial charge in [-0.05, 0) is 54.7 Å². The number of fused-ring (bicyclic) bond motifs is 1. The van der Waals surface area contributed by atoms with Gasteiger partial charge in [-0.25, -0.2) is 0 Å². The molecular formula is C22H25N3O3. The molecule has 2 aliphatic heterocycles. The molecular weight excluding hydrogens is 354 g/mol. The van der Waals surface area contributed by atoms with Crippen molar-refractivity contribution in [1.82, 2.24) is 14.8 Å². The van der Waals surface area contributed by atoms with Crippen molar-refractivity contribution in [3.8, 4) is 5.75 Å². The SMILES string of the molecule is COc1ccc(C(=O)N2CC[C@@H]3[C@@H](CCC(=O)N3Cc3cccnc3)C2)cc1. The topological polar surface area (TPSA) is 62.7 Å². The van der Waals surface area contributed by atoms with E-state index >= 15 is 0 Å². The van der Waals surface area contributed by atoms with Gasteiger partial charge in [0.15, 0.2) is 0 Å². The molecule has 146 valence electrons. The number of hydrogen-bond donors (Lipinski definition) is 0. The van der Waals surface area contributed by atoms with Gasteiger partial charge >= 0.3 is 0 Å². The van der Waals surface area contributed by atoms with Gasteiger partial charge < -0.3 is 14.5 Å². The monoisotopic (exact) mass is 379 g/mol. The Bertz CT molecular complexity index is 838. The molecule has 2 amide bonds. The number of benzene rings is 1. The number of likely N-dealkylation sites (tertiary alicyclic amines) is 2. The zero-order chi connectivity index (χ0) is 19.5. The lowest BCUT2D eigenvalue weighted by Crippen LogP contribution is -2.56. The van der Waals surface area contributed by atoms with Crippen LogP contribution in [0.5, 0.6) is 5.75 Å². The summed E-state index contributed by atoms with van der Waals surface area (Å²) in [6.45, 7) is 1.97. The standard InChI is InChI=1S/C22H25N3O3/c1-28-19-7-4-17(5-8-19)22(27)24-12-10-20-18(15-24)6-9-21(26)25(20)14-16-3-2-11-23-13-16/h2-5,7-8,11,13,18,20H,6,9-10,12,14-15H2,1H3/t18-,20+/m0/s1. The van der Waals surface area contributed by atoms with Gasteiger partial charge in [0, 0.05) is 50.1 Å². The van der Waals surface area contributed by atoms with Crippen LogP contribution in [0.15, 0.2) is 48.8 Å². The predicted molar refractivity (Wildman–Crippen MR) is 105 cm³/mol. The molecule has 3 heterocycles. The van der Waals surface area contributed by atoms with E-state index in [2.05, 4.69) is 4.98 Å². The number of ether oxygens (including phenoxy) is 1.